The fraction of sp³-hybridized carbons (Fsp3) is 0.500. The van der Waals surface area contributed by atoms with Gasteiger partial charge in [-0.1, -0.05) is 19.1 Å². The smallest absolute Gasteiger partial charge is 0.166 e. The summed E-state index contributed by atoms with van der Waals surface area (Å²) < 4.78 is 0. The molecule has 0 saturated heterocycles. The predicted molar refractivity (Wildman–Crippen MR) is 66.9 cm³/mol. The van der Waals surface area contributed by atoms with Crippen molar-refractivity contribution >= 4 is 5.78 Å². The van der Waals surface area contributed by atoms with E-state index in [1.54, 1.807) is 12.1 Å². The Kier molecular flexibility index (Phi) is 4.29. The zero-order valence-electron chi connectivity index (χ0n) is 10.6. The van der Waals surface area contributed by atoms with Crippen molar-refractivity contribution < 1.29 is 15.0 Å². The maximum absolute atomic E-state index is 11.7. The summed E-state index contributed by atoms with van der Waals surface area (Å²) in [5, 5.41) is 18.7. The molecule has 0 saturated carbocycles. The van der Waals surface area contributed by atoms with Crippen molar-refractivity contribution in [3.8, 4) is 5.75 Å². The minimum atomic E-state index is -1.26. The van der Waals surface area contributed by atoms with Crippen molar-refractivity contribution in [3.63, 3.8) is 0 Å². The average Bonchev–Trinajstić information content (AvgIpc) is 2.25. The summed E-state index contributed by atoms with van der Waals surface area (Å²) in [6, 6.07) is 6.96. The van der Waals surface area contributed by atoms with Crippen molar-refractivity contribution in [1.82, 2.24) is 0 Å². The van der Waals surface area contributed by atoms with Crippen LogP contribution in [0.1, 0.15) is 32.8 Å². The van der Waals surface area contributed by atoms with Gasteiger partial charge in [-0.2, -0.15) is 0 Å². The molecule has 94 valence electrons. The maximum atomic E-state index is 11.7. The summed E-state index contributed by atoms with van der Waals surface area (Å²) in [6.45, 7) is 4.87. The van der Waals surface area contributed by atoms with Gasteiger partial charge in [0.15, 0.2) is 5.78 Å². The summed E-state index contributed by atoms with van der Waals surface area (Å²) in [7, 11) is 0. The first-order chi connectivity index (χ1) is 7.80. The number of carbonyl (C=O) groups excluding carboxylic acids is 1. The molecule has 0 fully saturated rings. The van der Waals surface area contributed by atoms with E-state index in [4.69, 9.17) is 5.11 Å². The van der Waals surface area contributed by atoms with Gasteiger partial charge in [0.25, 0.3) is 0 Å². The van der Waals surface area contributed by atoms with E-state index >= 15 is 0 Å². The molecular formula is C14H20O3. The number of aryl methyl sites for hydroxylation is 1. The van der Waals surface area contributed by atoms with Crippen molar-refractivity contribution in [2.45, 2.75) is 39.2 Å². The molecule has 1 unspecified atom stereocenters. The van der Waals surface area contributed by atoms with Gasteiger partial charge in [-0.3, -0.25) is 4.79 Å². The molecule has 0 bridgehead atoms. The monoisotopic (exact) mass is 236 g/mol. The second-order valence-corrected chi connectivity index (χ2v) is 5.03. The van der Waals surface area contributed by atoms with Crippen molar-refractivity contribution in [1.29, 1.82) is 0 Å². The van der Waals surface area contributed by atoms with Crippen LogP contribution >= 0.6 is 0 Å². The molecule has 0 spiro atoms. The van der Waals surface area contributed by atoms with Crippen LogP contribution in [-0.2, 0) is 11.2 Å². The molecule has 0 aliphatic heterocycles. The summed E-state index contributed by atoms with van der Waals surface area (Å²) in [5.41, 5.74) is -0.174. The van der Waals surface area contributed by atoms with Crippen LogP contribution < -0.4 is 0 Å². The molecule has 0 aromatic heterocycles. The third kappa shape index (κ3) is 4.19. The zero-order chi connectivity index (χ0) is 13.1. The Balaban J connectivity index is 2.51. The first-order valence-corrected chi connectivity index (χ1v) is 5.85. The van der Waals surface area contributed by atoms with Crippen molar-refractivity contribution in [3.05, 3.63) is 29.8 Å². The van der Waals surface area contributed by atoms with Crippen molar-refractivity contribution in [2.75, 3.05) is 0 Å². The lowest BCUT2D eigenvalue weighted by Gasteiger charge is -2.20. The molecule has 1 aromatic rings. The lowest BCUT2D eigenvalue weighted by atomic mass is 9.89. The fourth-order valence-corrected chi connectivity index (χ4v) is 1.78. The highest BCUT2D eigenvalue weighted by molar-refractivity contribution is 5.88. The summed E-state index contributed by atoms with van der Waals surface area (Å²) in [5.74, 6) is -0.0468. The van der Waals surface area contributed by atoms with Crippen LogP contribution in [-0.4, -0.2) is 21.6 Å². The van der Waals surface area contributed by atoms with Gasteiger partial charge >= 0.3 is 0 Å². The number of phenolic OH excluding ortho intramolecular Hbond substituents is 1. The van der Waals surface area contributed by atoms with Gasteiger partial charge < -0.3 is 10.2 Å². The Hall–Kier alpha value is -1.35. The van der Waals surface area contributed by atoms with E-state index in [-0.39, 0.29) is 17.5 Å². The molecule has 1 aromatic carbocycles. The Labute approximate surface area is 102 Å². The number of benzene rings is 1. The van der Waals surface area contributed by atoms with Gasteiger partial charge in [0, 0.05) is 5.92 Å². The summed E-state index contributed by atoms with van der Waals surface area (Å²) in [4.78, 5) is 11.7. The van der Waals surface area contributed by atoms with Crippen LogP contribution in [0.4, 0.5) is 0 Å². The Morgan fingerprint density at radius 1 is 1.29 bits per heavy atom. The minimum absolute atomic E-state index is 0.128. The molecule has 0 amide bonds. The first-order valence-electron chi connectivity index (χ1n) is 5.85. The molecule has 17 heavy (non-hydrogen) atoms. The molecule has 3 heteroatoms. The number of aromatic hydroxyl groups is 1. The predicted octanol–water partition coefficient (Wildman–Crippen LogP) is 2.30. The van der Waals surface area contributed by atoms with Crippen LogP contribution in [0, 0.1) is 5.92 Å². The third-order valence-electron chi connectivity index (χ3n) is 2.85. The van der Waals surface area contributed by atoms with Crippen LogP contribution in [0.3, 0.4) is 0 Å². The van der Waals surface area contributed by atoms with Gasteiger partial charge in [-0.25, -0.2) is 0 Å². The highest BCUT2D eigenvalue weighted by Gasteiger charge is 2.28. The van der Waals surface area contributed by atoms with E-state index in [0.29, 0.717) is 6.42 Å². The maximum Gasteiger partial charge on any atom is 0.166 e. The average molecular weight is 236 g/mol. The van der Waals surface area contributed by atoms with E-state index in [1.807, 2.05) is 19.1 Å². The number of hydrogen-bond donors (Lipinski definition) is 2. The fourth-order valence-electron chi connectivity index (χ4n) is 1.78. The second-order valence-electron chi connectivity index (χ2n) is 5.03. The number of hydrogen-bond acceptors (Lipinski definition) is 3. The third-order valence-corrected chi connectivity index (χ3v) is 2.85. The molecule has 0 aliphatic rings. The van der Waals surface area contributed by atoms with E-state index < -0.39 is 5.60 Å². The van der Waals surface area contributed by atoms with Gasteiger partial charge in [-0.05, 0) is 44.4 Å². The SMILES string of the molecule is CC(CCc1ccc(O)cc1)C(=O)C(C)(C)O. The molecule has 0 radical (unpaired) electrons. The zero-order valence-corrected chi connectivity index (χ0v) is 10.6. The number of ketones is 1. The lowest BCUT2D eigenvalue weighted by molar-refractivity contribution is -0.138. The Bertz CT molecular complexity index is 373. The number of phenols is 1. The Morgan fingerprint density at radius 3 is 2.29 bits per heavy atom. The van der Waals surface area contributed by atoms with E-state index in [1.165, 1.54) is 13.8 Å². The quantitative estimate of drug-likeness (QED) is 0.824. The molecule has 3 nitrogen and oxygen atoms in total. The van der Waals surface area contributed by atoms with Gasteiger partial charge in [0.05, 0.1) is 0 Å². The topological polar surface area (TPSA) is 57.5 Å². The first kappa shape index (κ1) is 13.7. The highest BCUT2D eigenvalue weighted by atomic mass is 16.3. The highest BCUT2D eigenvalue weighted by Crippen LogP contribution is 2.18. The Morgan fingerprint density at radius 2 is 1.82 bits per heavy atom. The van der Waals surface area contributed by atoms with Crippen LogP contribution in [0.5, 0.6) is 5.75 Å². The van der Waals surface area contributed by atoms with E-state index in [2.05, 4.69) is 0 Å². The largest absolute Gasteiger partial charge is 0.508 e. The molecule has 0 heterocycles. The minimum Gasteiger partial charge on any atom is -0.508 e. The van der Waals surface area contributed by atoms with Crippen LogP contribution in [0.2, 0.25) is 0 Å². The van der Waals surface area contributed by atoms with Crippen molar-refractivity contribution in [2.24, 2.45) is 5.92 Å². The summed E-state index contributed by atoms with van der Waals surface area (Å²) in [6.07, 6.45) is 1.47. The standard InChI is InChI=1S/C14H20O3/c1-10(13(16)14(2,3)17)4-5-11-6-8-12(15)9-7-11/h6-10,15,17H,4-5H2,1-3H3. The molecule has 1 rings (SSSR count). The molecule has 0 aliphatic carbocycles. The van der Waals surface area contributed by atoms with Gasteiger partial charge in [-0.15, -0.1) is 0 Å². The van der Waals surface area contributed by atoms with Gasteiger partial charge in [0.2, 0.25) is 0 Å². The van der Waals surface area contributed by atoms with E-state index in [0.717, 1.165) is 12.0 Å². The number of carbonyl (C=O) groups is 1. The second kappa shape index (κ2) is 5.32. The van der Waals surface area contributed by atoms with Crippen LogP contribution in [0.25, 0.3) is 0 Å². The van der Waals surface area contributed by atoms with Gasteiger partial charge in [0.1, 0.15) is 11.4 Å². The molecule has 2 N–H and O–H groups in total. The normalized spacial score (nSPS) is 13.4. The molecular weight excluding hydrogens is 216 g/mol. The van der Waals surface area contributed by atoms with E-state index in [9.17, 15) is 9.90 Å². The lowest BCUT2D eigenvalue weighted by Crippen LogP contribution is -2.35. The number of rotatable bonds is 5. The summed E-state index contributed by atoms with van der Waals surface area (Å²) >= 11 is 0. The molecule has 1 atom stereocenters. The van der Waals surface area contributed by atoms with Crippen LogP contribution in [0.15, 0.2) is 24.3 Å². The number of Topliss-reactive ketones (excluding diaryl/α,β-unsaturated/α-hetero) is 1. The number of aliphatic hydroxyl groups is 1.